The number of benzene rings is 3. The van der Waals surface area contributed by atoms with Crippen LogP contribution in [0.4, 0.5) is 11.4 Å². The molecule has 2 amide bonds. The Hall–Kier alpha value is -4.86. The van der Waals surface area contributed by atoms with E-state index in [9.17, 15) is 29.4 Å². The molecule has 3 aromatic carbocycles. The monoisotopic (exact) mass is 434 g/mol. The van der Waals surface area contributed by atoms with E-state index in [1.807, 2.05) is 0 Å². The Bertz CT molecular complexity index is 1140. The number of nitrogens with one attached hydrogen (secondary N) is 2. The highest BCUT2D eigenvalue weighted by molar-refractivity contribution is 6.08. The molecule has 4 N–H and O–H groups in total. The SMILES string of the molecule is O=C(Nc1ccc([O-])c(C(=O)O)c1)c1ccc(C(=O)Nc2ccc([O-])c(C(=O)O)c2)cc1. The molecule has 0 aliphatic rings. The Morgan fingerprint density at radius 2 is 0.938 bits per heavy atom. The lowest BCUT2D eigenvalue weighted by Gasteiger charge is -2.13. The zero-order valence-corrected chi connectivity index (χ0v) is 16.1. The van der Waals surface area contributed by atoms with Gasteiger partial charge in [0, 0.05) is 22.5 Å². The Morgan fingerprint density at radius 1 is 0.594 bits per heavy atom. The van der Waals surface area contributed by atoms with Crippen molar-refractivity contribution in [2.75, 3.05) is 10.6 Å². The van der Waals surface area contributed by atoms with Crippen molar-refractivity contribution in [2.45, 2.75) is 0 Å². The van der Waals surface area contributed by atoms with Crippen molar-refractivity contribution in [1.29, 1.82) is 0 Å². The topological polar surface area (TPSA) is 179 Å². The first-order valence-corrected chi connectivity index (χ1v) is 8.97. The van der Waals surface area contributed by atoms with Crippen molar-refractivity contribution in [3.05, 3.63) is 82.9 Å². The average Bonchev–Trinajstić information content (AvgIpc) is 2.76. The Kier molecular flexibility index (Phi) is 6.06. The molecule has 0 spiro atoms. The fraction of sp³-hybridized carbons (Fsp3) is 0. The van der Waals surface area contributed by atoms with Crippen molar-refractivity contribution in [1.82, 2.24) is 0 Å². The number of hydrogen-bond donors (Lipinski definition) is 4. The molecule has 32 heavy (non-hydrogen) atoms. The number of carboxylic acid groups (broad SMARTS) is 2. The molecule has 0 saturated heterocycles. The summed E-state index contributed by atoms with van der Waals surface area (Å²) in [4.78, 5) is 46.8. The van der Waals surface area contributed by atoms with E-state index in [1.165, 1.54) is 36.4 Å². The van der Waals surface area contributed by atoms with E-state index >= 15 is 0 Å². The van der Waals surface area contributed by atoms with E-state index < -0.39 is 46.4 Å². The van der Waals surface area contributed by atoms with Crippen molar-refractivity contribution in [2.24, 2.45) is 0 Å². The molecule has 0 saturated carbocycles. The standard InChI is InChI=1S/C22H16N2O8/c25-17-7-5-13(9-15(17)21(29)30)23-19(27)11-1-2-12(4-3-11)20(28)24-14-6-8-18(26)16(10-14)22(31)32/h1-10,25-26H,(H,23,27)(H,24,28)(H,29,30)(H,31,32)/p-2. The summed E-state index contributed by atoms with van der Waals surface area (Å²) < 4.78 is 0. The lowest BCUT2D eigenvalue weighted by atomic mass is 10.1. The van der Waals surface area contributed by atoms with Crippen molar-refractivity contribution in [3.8, 4) is 11.5 Å². The molecule has 3 aromatic rings. The van der Waals surface area contributed by atoms with Crippen LogP contribution in [0.3, 0.4) is 0 Å². The van der Waals surface area contributed by atoms with Crippen molar-refractivity contribution in [3.63, 3.8) is 0 Å². The number of rotatable bonds is 6. The molecule has 0 bridgehead atoms. The van der Waals surface area contributed by atoms with Crippen LogP contribution in [0.2, 0.25) is 0 Å². The molecule has 3 rings (SSSR count). The van der Waals surface area contributed by atoms with Crippen molar-refractivity contribution >= 4 is 35.1 Å². The average molecular weight is 434 g/mol. The summed E-state index contributed by atoms with van der Waals surface area (Å²) in [7, 11) is 0. The Balaban J connectivity index is 1.70. The summed E-state index contributed by atoms with van der Waals surface area (Å²) in [5.41, 5.74) is -0.409. The summed E-state index contributed by atoms with van der Waals surface area (Å²) in [5, 5.41) is 45.9. The fourth-order valence-electron chi connectivity index (χ4n) is 2.73. The summed E-state index contributed by atoms with van der Waals surface area (Å²) >= 11 is 0. The van der Waals surface area contributed by atoms with E-state index in [2.05, 4.69) is 10.6 Å². The lowest BCUT2D eigenvalue weighted by Crippen LogP contribution is -2.15. The minimum Gasteiger partial charge on any atom is -0.872 e. The first kappa shape index (κ1) is 21.8. The number of carbonyl (C=O) groups excluding carboxylic acids is 2. The zero-order valence-electron chi connectivity index (χ0n) is 16.1. The highest BCUT2D eigenvalue weighted by Gasteiger charge is 2.12. The van der Waals surface area contributed by atoms with Crippen LogP contribution in [0.1, 0.15) is 41.4 Å². The van der Waals surface area contributed by atoms with Gasteiger partial charge in [-0.3, -0.25) is 9.59 Å². The normalized spacial score (nSPS) is 10.2. The summed E-state index contributed by atoms with van der Waals surface area (Å²) in [6, 6.07) is 12.1. The molecule has 0 heterocycles. The van der Waals surface area contributed by atoms with Gasteiger partial charge in [0.25, 0.3) is 11.8 Å². The van der Waals surface area contributed by atoms with Gasteiger partial charge >= 0.3 is 11.9 Å². The highest BCUT2D eigenvalue weighted by Crippen LogP contribution is 2.21. The number of hydrogen-bond acceptors (Lipinski definition) is 6. The molecule has 162 valence electrons. The summed E-state index contributed by atoms with van der Waals surface area (Å²) in [5.74, 6) is -5.39. The minimum atomic E-state index is -1.41. The second-order valence-electron chi connectivity index (χ2n) is 6.52. The van der Waals surface area contributed by atoms with Gasteiger partial charge in [0.2, 0.25) is 0 Å². The van der Waals surface area contributed by atoms with Crippen molar-refractivity contribution < 1.29 is 39.6 Å². The van der Waals surface area contributed by atoms with Crippen LogP contribution in [-0.2, 0) is 0 Å². The smallest absolute Gasteiger partial charge is 0.335 e. The largest absolute Gasteiger partial charge is 0.872 e. The molecular weight excluding hydrogens is 420 g/mol. The van der Waals surface area contributed by atoms with Gasteiger partial charge < -0.3 is 31.1 Å². The number of aromatic carboxylic acids is 2. The summed E-state index contributed by atoms with van der Waals surface area (Å²) in [6.07, 6.45) is 0. The number of anilines is 2. The van der Waals surface area contributed by atoms with Gasteiger partial charge in [0.05, 0.1) is 11.1 Å². The van der Waals surface area contributed by atoms with Gasteiger partial charge in [-0.05, 0) is 48.5 Å². The Morgan fingerprint density at radius 3 is 1.25 bits per heavy atom. The third-order valence-electron chi connectivity index (χ3n) is 4.34. The van der Waals surface area contributed by atoms with Crippen LogP contribution in [0.25, 0.3) is 0 Å². The molecule has 0 aliphatic carbocycles. The summed E-state index contributed by atoms with van der Waals surface area (Å²) in [6.45, 7) is 0. The van der Waals surface area contributed by atoms with Crippen LogP contribution in [-0.4, -0.2) is 34.0 Å². The number of carboxylic acids is 2. The van der Waals surface area contributed by atoms with Gasteiger partial charge in [-0.15, -0.1) is 0 Å². The van der Waals surface area contributed by atoms with Crippen LogP contribution in [0, 0.1) is 0 Å². The molecule has 0 aliphatic heterocycles. The third-order valence-corrected chi connectivity index (χ3v) is 4.34. The van der Waals surface area contributed by atoms with Crippen LogP contribution in [0.5, 0.6) is 11.5 Å². The highest BCUT2D eigenvalue weighted by atomic mass is 16.4. The Labute approximate surface area is 180 Å². The molecule has 0 aromatic heterocycles. The fourth-order valence-corrected chi connectivity index (χ4v) is 2.73. The van der Waals surface area contributed by atoms with Gasteiger partial charge in [0.1, 0.15) is 0 Å². The predicted molar refractivity (Wildman–Crippen MR) is 108 cm³/mol. The van der Waals surface area contributed by atoms with Crippen LogP contribution < -0.4 is 20.8 Å². The maximum absolute atomic E-state index is 12.4. The quantitative estimate of drug-likeness (QED) is 0.453. The van der Waals surface area contributed by atoms with E-state index in [4.69, 9.17) is 10.2 Å². The molecule has 0 fully saturated rings. The van der Waals surface area contributed by atoms with E-state index in [-0.39, 0.29) is 22.5 Å². The van der Waals surface area contributed by atoms with Crippen LogP contribution >= 0.6 is 0 Å². The molecule has 10 heteroatoms. The number of carbonyl (C=O) groups is 4. The minimum absolute atomic E-state index is 0.116. The lowest BCUT2D eigenvalue weighted by molar-refractivity contribution is -0.269. The van der Waals surface area contributed by atoms with E-state index in [0.717, 1.165) is 24.3 Å². The van der Waals surface area contributed by atoms with E-state index in [0.29, 0.717) is 0 Å². The maximum atomic E-state index is 12.4. The maximum Gasteiger partial charge on any atom is 0.335 e. The third kappa shape index (κ3) is 4.82. The van der Waals surface area contributed by atoms with Gasteiger partial charge in [-0.2, -0.15) is 0 Å². The number of amides is 2. The van der Waals surface area contributed by atoms with Gasteiger partial charge in [-0.25, -0.2) is 9.59 Å². The van der Waals surface area contributed by atoms with Gasteiger partial charge in [-0.1, -0.05) is 23.6 Å². The van der Waals surface area contributed by atoms with Gasteiger partial charge in [0.15, 0.2) is 0 Å². The van der Waals surface area contributed by atoms with Crippen LogP contribution in [0.15, 0.2) is 60.7 Å². The first-order valence-electron chi connectivity index (χ1n) is 8.97. The molecule has 0 unspecified atom stereocenters. The second-order valence-corrected chi connectivity index (χ2v) is 6.52. The second kappa shape index (κ2) is 8.88. The zero-order chi connectivity index (χ0) is 23.4. The first-order chi connectivity index (χ1) is 15.2. The molecule has 10 nitrogen and oxygen atoms in total. The predicted octanol–water partition coefficient (Wildman–Crippen LogP) is 1.73. The molecule has 0 atom stereocenters. The molecule has 0 radical (unpaired) electrons. The molecular formula is C22H14N2O8-2. The van der Waals surface area contributed by atoms with E-state index in [1.54, 1.807) is 0 Å².